The van der Waals surface area contributed by atoms with Gasteiger partial charge in [-0.3, -0.25) is 0 Å². The van der Waals surface area contributed by atoms with E-state index in [0.717, 1.165) is 11.3 Å². The van der Waals surface area contributed by atoms with Crippen molar-refractivity contribution in [1.82, 2.24) is 0 Å². The molecule has 0 aliphatic rings. The number of halogens is 1. The van der Waals surface area contributed by atoms with Gasteiger partial charge in [0.2, 0.25) is 0 Å². The number of rotatable bonds is 5. The molecule has 0 saturated heterocycles. The number of nitrogens with zero attached hydrogens (tertiary/aromatic N) is 1. The lowest BCUT2D eigenvalue weighted by Crippen LogP contribution is -2.16. The van der Waals surface area contributed by atoms with Crippen molar-refractivity contribution in [2.24, 2.45) is 0 Å². The van der Waals surface area contributed by atoms with Crippen LogP contribution >= 0.6 is 0 Å². The van der Waals surface area contributed by atoms with E-state index in [4.69, 9.17) is 0 Å². The van der Waals surface area contributed by atoms with Crippen LogP contribution in [0.25, 0.3) is 6.08 Å². The van der Waals surface area contributed by atoms with Gasteiger partial charge in [0.15, 0.2) is 0 Å². The molecule has 0 amide bonds. The normalized spacial score (nSPS) is 10.7. The first-order valence-corrected chi connectivity index (χ1v) is 6.90. The van der Waals surface area contributed by atoms with Crippen LogP contribution in [0.3, 0.4) is 0 Å². The Labute approximate surface area is 129 Å². The first-order valence-electron chi connectivity index (χ1n) is 6.90. The maximum Gasteiger partial charge on any atom is 0.330 e. The van der Waals surface area contributed by atoms with Gasteiger partial charge in [-0.25, -0.2) is 9.18 Å². The molecule has 2 rings (SSSR count). The predicted octanol–water partition coefficient (Wildman–Crippen LogP) is 3.65. The summed E-state index contributed by atoms with van der Waals surface area (Å²) >= 11 is 0. The van der Waals surface area contributed by atoms with E-state index in [2.05, 4.69) is 4.74 Å². The van der Waals surface area contributed by atoms with Crippen LogP contribution in [0.4, 0.5) is 10.1 Å². The molecule has 4 heteroatoms. The van der Waals surface area contributed by atoms with E-state index < -0.39 is 5.97 Å². The molecular weight excluding hydrogens is 281 g/mol. The van der Waals surface area contributed by atoms with Crippen molar-refractivity contribution in [2.45, 2.75) is 6.54 Å². The van der Waals surface area contributed by atoms with Crippen LogP contribution < -0.4 is 4.90 Å². The Kier molecular flexibility index (Phi) is 5.31. The molecule has 0 aliphatic heterocycles. The largest absolute Gasteiger partial charge is 0.466 e. The average molecular weight is 299 g/mol. The fourth-order valence-electron chi connectivity index (χ4n) is 2.09. The van der Waals surface area contributed by atoms with Crippen molar-refractivity contribution >= 4 is 17.7 Å². The molecule has 0 spiro atoms. The first kappa shape index (κ1) is 15.8. The first-order chi connectivity index (χ1) is 10.6. The van der Waals surface area contributed by atoms with Crippen LogP contribution in [0, 0.1) is 5.82 Å². The summed E-state index contributed by atoms with van der Waals surface area (Å²) < 4.78 is 18.3. The molecule has 0 aromatic heterocycles. The number of benzene rings is 2. The molecule has 114 valence electrons. The van der Waals surface area contributed by atoms with Gasteiger partial charge >= 0.3 is 5.97 Å². The summed E-state index contributed by atoms with van der Waals surface area (Å²) in [5, 5.41) is 0. The highest BCUT2D eigenvalue weighted by atomic mass is 19.1. The Bertz CT molecular complexity index is 668. The fourth-order valence-corrected chi connectivity index (χ4v) is 2.09. The van der Waals surface area contributed by atoms with Crippen LogP contribution in [-0.2, 0) is 16.1 Å². The van der Waals surface area contributed by atoms with E-state index in [-0.39, 0.29) is 5.82 Å². The highest BCUT2D eigenvalue weighted by molar-refractivity contribution is 5.87. The Morgan fingerprint density at radius 2 is 1.95 bits per heavy atom. The zero-order valence-electron chi connectivity index (χ0n) is 12.6. The third-order valence-electron chi connectivity index (χ3n) is 3.22. The van der Waals surface area contributed by atoms with Gasteiger partial charge in [0, 0.05) is 25.4 Å². The van der Waals surface area contributed by atoms with Crippen LogP contribution in [0.15, 0.2) is 54.6 Å². The lowest BCUT2D eigenvalue weighted by molar-refractivity contribution is -0.134. The Morgan fingerprint density at radius 1 is 1.23 bits per heavy atom. The van der Waals surface area contributed by atoms with Crippen LogP contribution in [0.1, 0.15) is 11.1 Å². The predicted molar refractivity (Wildman–Crippen MR) is 86.0 cm³/mol. The molecule has 0 fully saturated rings. The summed E-state index contributed by atoms with van der Waals surface area (Å²) in [6.45, 7) is 0.671. The summed E-state index contributed by atoms with van der Waals surface area (Å²) in [4.78, 5) is 13.1. The van der Waals surface area contributed by atoms with Crippen molar-refractivity contribution in [3.63, 3.8) is 0 Å². The second kappa shape index (κ2) is 7.41. The molecule has 22 heavy (non-hydrogen) atoms. The number of hydrogen-bond acceptors (Lipinski definition) is 3. The molecule has 0 heterocycles. The summed E-state index contributed by atoms with van der Waals surface area (Å²) in [6.07, 6.45) is 2.81. The van der Waals surface area contributed by atoms with E-state index in [1.807, 2.05) is 48.3 Å². The van der Waals surface area contributed by atoms with Gasteiger partial charge in [-0.1, -0.05) is 30.3 Å². The van der Waals surface area contributed by atoms with E-state index in [1.165, 1.54) is 31.4 Å². The minimum Gasteiger partial charge on any atom is -0.466 e. The smallest absolute Gasteiger partial charge is 0.330 e. The minimum atomic E-state index is -0.469. The minimum absolute atomic E-state index is 0.345. The van der Waals surface area contributed by atoms with Crippen molar-refractivity contribution in [3.8, 4) is 0 Å². The summed E-state index contributed by atoms with van der Waals surface area (Å²) in [6, 6.07) is 14.6. The Morgan fingerprint density at radius 3 is 2.64 bits per heavy atom. The summed E-state index contributed by atoms with van der Waals surface area (Å²) in [7, 11) is 3.20. The quantitative estimate of drug-likeness (QED) is 0.623. The Balaban J connectivity index is 2.18. The molecule has 0 N–H and O–H groups in total. The lowest BCUT2D eigenvalue weighted by Gasteiger charge is -2.20. The highest BCUT2D eigenvalue weighted by Gasteiger charge is 2.05. The maximum atomic E-state index is 13.8. The number of hydrogen-bond donors (Lipinski definition) is 0. The molecule has 0 atom stereocenters. The van der Waals surface area contributed by atoms with Crippen molar-refractivity contribution < 1.29 is 13.9 Å². The van der Waals surface area contributed by atoms with Crippen LogP contribution in [0.5, 0.6) is 0 Å². The molecule has 0 bridgehead atoms. The van der Waals surface area contributed by atoms with Gasteiger partial charge in [-0.15, -0.1) is 0 Å². The second-order valence-corrected chi connectivity index (χ2v) is 4.94. The third-order valence-corrected chi connectivity index (χ3v) is 3.22. The molecular formula is C18H18FNO2. The van der Waals surface area contributed by atoms with Crippen LogP contribution in [0.2, 0.25) is 0 Å². The van der Waals surface area contributed by atoms with Crippen molar-refractivity contribution in [3.05, 3.63) is 71.6 Å². The van der Waals surface area contributed by atoms with Gasteiger partial charge < -0.3 is 9.64 Å². The number of ether oxygens (including phenoxy) is 1. The van der Waals surface area contributed by atoms with Crippen LogP contribution in [-0.4, -0.2) is 20.1 Å². The Hall–Kier alpha value is -2.62. The lowest BCUT2D eigenvalue weighted by atomic mass is 10.1. The summed E-state index contributed by atoms with van der Waals surface area (Å²) in [5.41, 5.74) is 2.49. The monoisotopic (exact) mass is 299 g/mol. The fraction of sp³-hybridized carbons (Fsp3) is 0.167. The second-order valence-electron chi connectivity index (χ2n) is 4.94. The molecule has 2 aromatic rings. The molecule has 2 aromatic carbocycles. The molecule has 0 radical (unpaired) electrons. The van der Waals surface area contributed by atoms with Gasteiger partial charge in [0.05, 0.1) is 7.11 Å². The zero-order chi connectivity index (χ0) is 15.9. The topological polar surface area (TPSA) is 29.5 Å². The van der Waals surface area contributed by atoms with E-state index in [9.17, 15) is 9.18 Å². The van der Waals surface area contributed by atoms with Gasteiger partial charge in [0.1, 0.15) is 5.82 Å². The molecule has 3 nitrogen and oxygen atoms in total. The number of anilines is 1. The van der Waals surface area contributed by atoms with Gasteiger partial charge in [-0.2, -0.15) is 0 Å². The summed E-state index contributed by atoms with van der Waals surface area (Å²) in [5.74, 6) is -0.814. The van der Waals surface area contributed by atoms with Gasteiger partial charge in [0.25, 0.3) is 0 Å². The average Bonchev–Trinajstić information content (AvgIpc) is 2.53. The van der Waals surface area contributed by atoms with Gasteiger partial charge in [-0.05, 0) is 35.4 Å². The number of methoxy groups -OCH3 is 1. The number of esters is 1. The molecule has 0 aliphatic carbocycles. The van der Waals surface area contributed by atoms with Crippen molar-refractivity contribution in [2.75, 3.05) is 19.1 Å². The zero-order valence-corrected chi connectivity index (χ0v) is 12.6. The SMILES string of the molecule is COC(=O)/C=C/c1cc(F)cc(N(C)Cc2ccccc2)c1. The molecule has 0 saturated carbocycles. The molecule has 0 unspecified atom stereocenters. The van der Waals surface area contributed by atoms with Crippen molar-refractivity contribution in [1.29, 1.82) is 0 Å². The van der Waals surface area contributed by atoms with E-state index in [1.54, 1.807) is 0 Å². The van der Waals surface area contributed by atoms with E-state index >= 15 is 0 Å². The number of carbonyl (C=O) groups is 1. The van der Waals surface area contributed by atoms with E-state index in [0.29, 0.717) is 12.1 Å². The standard InChI is InChI=1S/C18H18FNO2/c1-20(13-14-6-4-3-5-7-14)17-11-15(10-16(19)12-17)8-9-18(21)22-2/h3-12H,13H2,1-2H3/b9-8+. The third kappa shape index (κ3) is 4.45. The number of carbonyl (C=O) groups excluding carboxylic acids is 1. The maximum absolute atomic E-state index is 13.8. The highest BCUT2D eigenvalue weighted by Crippen LogP contribution is 2.20.